The lowest BCUT2D eigenvalue weighted by Gasteiger charge is -2.38. The second kappa shape index (κ2) is 8.73. The van der Waals surface area contributed by atoms with E-state index in [9.17, 15) is 4.79 Å². The molecule has 1 aliphatic rings. The van der Waals surface area contributed by atoms with Gasteiger partial charge in [0.25, 0.3) is 0 Å². The largest absolute Gasteiger partial charge is 0.355 e. The number of likely N-dealkylation sites (tertiary alicyclic amines) is 1. The molecule has 2 unspecified atom stereocenters. The Morgan fingerprint density at radius 2 is 2.17 bits per heavy atom. The molecule has 2 atom stereocenters. The molecule has 0 spiro atoms. The first-order valence-electron chi connectivity index (χ1n) is 6.75. The van der Waals surface area contributed by atoms with Crippen LogP contribution in [0.15, 0.2) is 0 Å². The van der Waals surface area contributed by atoms with Gasteiger partial charge in [0.2, 0.25) is 5.91 Å². The summed E-state index contributed by atoms with van der Waals surface area (Å²) in [6.07, 6.45) is 2.40. The number of nitrogens with two attached hydrogens (primary N) is 1. The second-order valence-corrected chi connectivity index (χ2v) is 5.59. The van der Waals surface area contributed by atoms with Crippen molar-refractivity contribution in [2.24, 2.45) is 17.6 Å². The number of carbonyl (C=O) groups is 1. The maximum Gasteiger partial charge on any atom is 0.234 e. The van der Waals surface area contributed by atoms with Crippen LogP contribution in [-0.4, -0.2) is 43.0 Å². The molecule has 1 aliphatic heterocycles. The molecule has 4 nitrogen and oxygen atoms in total. The third kappa shape index (κ3) is 5.55. The van der Waals surface area contributed by atoms with Crippen molar-refractivity contribution in [2.45, 2.75) is 39.7 Å². The molecule has 18 heavy (non-hydrogen) atoms. The van der Waals surface area contributed by atoms with Gasteiger partial charge >= 0.3 is 0 Å². The zero-order valence-corrected chi connectivity index (χ0v) is 12.6. The summed E-state index contributed by atoms with van der Waals surface area (Å²) in [7, 11) is 0. The number of hydrogen-bond donors (Lipinski definition) is 2. The van der Waals surface area contributed by atoms with Crippen molar-refractivity contribution >= 4 is 18.3 Å². The van der Waals surface area contributed by atoms with Gasteiger partial charge in [-0.15, -0.1) is 12.4 Å². The standard InChI is InChI=1S/C13H27N3O.ClH/c1-10(2)8-15-13(17)9-16-6-4-5-11(3)12(16)7-14;/h10-12H,4-9,14H2,1-3H3,(H,15,17);1H. The van der Waals surface area contributed by atoms with Gasteiger partial charge < -0.3 is 11.1 Å². The average Bonchev–Trinajstić information content (AvgIpc) is 2.27. The van der Waals surface area contributed by atoms with Crippen LogP contribution in [0.1, 0.15) is 33.6 Å². The van der Waals surface area contributed by atoms with Crippen molar-refractivity contribution in [2.75, 3.05) is 26.2 Å². The molecule has 0 aliphatic carbocycles. The summed E-state index contributed by atoms with van der Waals surface area (Å²) in [5.74, 6) is 1.24. The van der Waals surface area contributed by atoms with E-state index in [1.54, 1.807) is 0 Å². The van der Waals surface area contributed by atoms with Crippen molar-refractivity contribution in [3.8, 4) is 0 Å². The fourth-order valence-corrected chi connectivity index (χ4v) is 2.47. The highest BCUT2D eigenvalue weighted by molar-refractivity contribution is 5.85. The minimum atomic E-state index is 0. The maximum absolute atomic E-state index is 11.8. The Hall–Kier alpha value is -0.320. The highest BCUT2D eigenvalue weighted by atomic mass is 35.5. The van der Waals surface area contributed by atoms with Crippen molar-refractivity contribution in [1.82, 2.24) is 10.2 Å². The zero-order chi connectivity index (χ0) is 12.8. The van der Waals surface area contributed by atoms with Gasteiger partial charge in [-0.25, -0.2) is 0 Å². The molecule has 1 fully saturated rings. The Morgan fingerprint density at radius 1 is 1.50 bits per heavy atom. The molecule has 108 valence electrons. The molecule has 3 N–H and O–H groups in total. The molecule has 5 heteroatoms. The molecular formula is C13H28ClN3O. The van der Waals surface area contributed by atoms with Gasteiger partial charge in [0.05, 0.1) is 6.54 Å². The van der Waals surface area contributed by atoms with Crippen LogP contribution in [0, 0.1) is 11.8 Å². The predicted molar refractivity (Wildman–Crippen MR) is 77.9 cm³/mol. The molecular weight excluding hydrogens is 250 g/mol. The average molecular weight is 278 g/mol. The van der Waals surface area contributed by atoms with Gasteiger partial charge in [0.15, 0.2) is 0 Å². The number of carbonyl (C=O) groups excluding carboxylic acids is 1. The Kier molecular flexibility index (Phi) is 8.57. The molecule has 0 saturated carbocycles. The number of rotatable bonds is 5. The summed E-state index contributed by atoms with van der Waals surface area (Å²) >= 11 is 0. The molecule has 1 amide bonds. The lowest BCUT2D eigenvalue weighted by molar-refractivity contribution is -0.123. The summed E-state index contributed by atoms with van der Waals surface area (Å²) < 4.78 is 0. The Morgan fingerprint density at radius 3 is 2.72 bits per heavy atom. The van der Waals surface area contributed by atoms with E-state index in [1.165, 1.54) is 12.8 Å². The quantitative estimate of drug-likeness (QED) is 0.795. The van der Waals surface area contributed by atoms with Gasteiger partial charge in [-0.2, -0.15) is 0 Å². The highest BCUT2D eigenvalue weighted by Gasteiger charge is 2.28. The normalized spacial score (nSPS) is 24.7. The van der Waals surface area contributed by atoms with Crippen LogP contribution in [0.25, 0.3) is 0 Å². The van der Waals surface area contributed by atoms with E-state index in [1.807, 2.05) is 0 Å². The van der Waals surface area contributed by atoms with Crippen LogP contribution in [0.4, 0.5) is 0 Å². The Balaban J connectivity index is 0.00000289. The second-order valence-electron chi connectivity index (χ2n) is 5.59. The maximum atomic E-state index is 11.8. The monoisotopic (exact) mass is 277 g/mol. The SMILES string of the molecule is CC(C)CNC(=O)CN1CCCC(C)C1CN.Cl. The smallest absolute Gasteiger partial charge is 0.234 e. The fraction of sp³-hybridized carbons (Fsp3) is 0.923. The predicted octanol–water partition coefficient (Wildman–Crippen LogP) is 1.24. The molecule has 0 bridgehead atoms. The number of halogens is 1. The van der Waals surface area contributed by atoms with Crippen molar-refractivity contribution in [1.29, 1.82) is 0 Å². The third-order valence-corrected chi connectivity index (χ3v) is 3.53. The van der Waals surface area contributed by atoms with Gasteiger partial charge in [0.1, 0.15) is 0 Å². The topological polar surface area (TPSA) is 58.4 Å². The van der Waals surface area contributed by atoms with Crippen LogP contribution >= 0.6 is 12.4 Å². The first-order chi connectivity index (χ1) is 8.04. The van der Waals surface area contributed by atoms with E-state index >= 15 is 0 Å². The van der Waals surface area contributed by atoms with E-state index in [0.717, 1.165) is 13.1 Å². The number of nitrogens with zero attached hydrogens (tertiary/aromatic N) is 1. The van der Waals surface area contributed by atoms with Crippen LogP contribution in [-0.2, 0) is 4.79 Å². The molecule has 1 saturated heterocycles. The van der Waals surface area contributed by atoms with Crippen LogP contribution in [0.5, 0.6) is 0 Å². The minimum Gasteiger partial charge on any atom is -0.355 e. The Bertz CT molecular complexity index is 248. The van der Waals surface area contributed by atoms with E-state index < -0.39 is 0 Å². The lowest BCUT2D eigenvalue weighted by Crippen LogP contribution is -2.52. The summed E-state index contributed by atoms with van der Waals surface area (Å²) in [5.41, 5.74) is 5.81. The van der Waals surface area contributed by atoms with Crippen molar-refractivity contribution in [3.05, 3.63) is 0 Å². The van der Waals surface area contributed by atoms with Crippen molar-refractivity contribution in [3.63, 3.8) is 0 Å². The summed E-state index contributed by atoms with van der Waals surface area (Å²) in [6.45, 7) is 9.35. The fourth-order valence-electron chi connectivity index (χ4n) is 2.47. The Labute approximate surface area is 117 Å². The van der Waals surface area contributed by atoms with E-state index in [0.29, 0.717) is 31.0 Å². The number of piperidine rings is 1. The molecule has 1 rings (SSSR count). The minimum absolute atomic E-state index is 0. The summed E-state index contributed by atoms with van der Waals surface area (Å²) in [4.78, 5) is 14.0. The lowest BCUT2D eigenvalue weighted by atomic mass is 9.91. The van der Waals surface area contributed by atoms with Crippen molar-refractivity contribution < 1.29 is 4.79 Å². The first kappa shape index (κ1) is 17.7. The summed E-state index contributed by atoms with van der Waals surface area (Å²) in [5, 5.41) is 2.97. The molecule has 1 heterocycles. The third-order valence-electron chi connectivity index (χ3n) is 3.53. The van der Waals surface area contributed by atoms with E-state index in [2.05, 4.69) is 31.0 Å². The number of hydrogen-bond acceptors (Lipinski definition) is 3. The first-order valence-corrected chi connectivity index (χ1v) is 6.75. The molecule has 0 radical (unpaired) electrons. The molecule has 0 aromatic heterocycles. The summed E-state index contributed by atoms with van der Waals surface area (Å²) in [6, 6.07) is 0.369. The molecule has 0 aromatic carbocycles. The number of amides is 1. The molecule has 0 aromatic rings. The van der Waals surface area contributed by atoms with Crippen LogP contribution in [0.2, 0.25) is 0 Å². The zero-order valence-electron chi connectivity index (χ0n) is 11.8. The van der Waals surface area contributed by atoms with E-state index in [4.69, 9.17) is 5.73 Å². The van der Waals surface area contributed by atoms with Crippen LogP contribution < -0.4 is 11.1 Å². The van der Waals surface area contributed by atoms with Gasteiger partial charge in [-0.05, 0) is 31.2 Å². The number of nitrogens with one attached hydrogen (secondary N) is 1. The highest BCUT2D eigenvalue weighted by Crippen LogP contribution is 2.21. The van der Waals surface area contributed by atoms with Gasteiger partial charge in [0, 0.05) is 19.1 Å². The van der Waals surface area contributed by atoms with Gasteiger partial charge in [-0.1, -0.05) is 20.8 Å². The van der Waals surface area contributed by atoms with E-state index in [-0.39, 0.29) is 18.3 Å². The van der Waals surface area contributed by atoms with Crippen LogP contribution in [0.3, 0.4) is 0 Å². The van der Waals surface area contributed by atoms with Gasteiger partial charge in [-0.3, -0.25) is 9.69 Å².